The fourth-order valence-electron chi connectivity index (χ4n) is 1.76. The van der Waals surface area contributed by atoms with E-state index < -0.39 is 22.9 Å². The van der Waals surface area contributed by atoms with Crippen molar-refractivity contribution in [1.82, 2.24) is 0 Å². The van der Waals surface area contributed by atoms with E-state index in [0.29, 0.717) is 17.7 Å². The van der Waals surface area contributed by atoms with Crippen LogP contribution in [0, 0.1) is 5.82 Å². The Balaban J connectivity index is 2.47. The van der Waals surface area contributed by atoms with Crippen LogP contribution in [0.4, 0.5) is 17.6 Å². The third kappa shape index (κ3) is 3.62. The van der Waals surface area contributed by atoms with Gasteiger partial charge < -0.3 is 0 Å². The van der Waals surface area contributed by atoms with Gasteiger partial charge in [-0.25, -0.2) is 4.39 Å². The van der Waals surface area contributed by atoms with E-state index in [2.05, 4.69) is 0 Å². The number of benzene rings is 2. The second kappa shape index (κ2) is 6.03. The van der Waals surface area contributed by atoms with Gasteiger partial charge in [-0.1, -0.05) is 29.3 Å². The van der Waals surface area contributed by atoms with Crippen LogP contribution in [0.3, 0.4) is 0 Å². The van der Waals surface area contributed by atoms with E-state index in [-0.39, 0.29) is 15.6 Å². The first-order valence-corrected chi connectivity index (χ1v) is 6.85. The molecule has 0 N–H and O–H groups in total. The summed E-state index contributed by atoms with van der Waals surface area (Å²) >= 11 is 17.6. The molecule has 1 atom stereocenters. The predicted molar refractivity (Wildman–Crippen MR) is 75.6 cm³/mol. The highest BCUT2D eigenvalue weighted by Crippen LogP contribution is 2.37. The normalized spacial score (nSPS) is 13.3. The summed E-state index contributed by atoms with van der Waals surface area (Å²) in [6.07, 6.45) is -4.57. The van der Waals surface area contributed by atoms with Gasteiger partial charge in [0, 0.05) is 5.56 Å². The van der Waals surface area contributed by atoms with E-state index in [1.54, 1.807) is 0 Å². The van der Waals surface area contributed by atoms with Gasteiger partial charge in [-0.3, -0.25) is 0 Å². The van der Waals surface area contributed by atoms with E-state index in [0.717, 1.165) is 6.07 Å². The number of hydrogen-bond acceptors (Lipinski definition) is 0. The van der Waals surface area contributed by atoms with E-state index in [1.807, 2.05) is 0 Å². The van der Waals surface area contributed by atoms with Crippen LogP contribution in [-0.4, -0.2) is 0 Å². The zero-order valence-corrected chi connectivity index (χ0v) is 12.5. The van der Waals surface area contributed by atoms with Crippen LogP contribution in [0.1, 0.15) is 22.1 Å². The second-order valence-electron chi connectivity index (χ2n) is 4.27. The minimum atomic E-state index is -4.57. The van der Waals surface area contributed by atoms with E-state index >= 15 is 0 Å². The van der Waals surface area contributed by atoms with Crippen LogP contribution < -0.4 is 0 Å². The molecule has 0 aromatic heterocycles. The summed E-state index contributed by atoms with van der Waals surface area (Å²) in [7, 11) is 0. The highest BCUT2D eigenvalue weighted by Gasteiger charge is 2.32. The topological polar surface area (TPSA) is 0 Å². The third-order valence-corrected chi connectivity index (χ3v) is 4.06. The molecule has 0 saturated heterocycles. The Bertz CT molecular complexity index is 668. The Kier molecular flexibility index (Phi) is 4.71. The first-order chi connectivity index (χ1) is 9.70. The van der Waals surface area contributed by atoms with Crippen molar-refractivity contribution in [2.75, 3.05) is 0 Å². The Morgan fingerprint density at radius 1 is 0.905 bits per heavy atom. The van der Waals surface area contributed by atoms with Gasteiger partial charge in [0.15, 0.2) is 0 Å². The molecular weight excluding hydrogens is 351 g/mol. The molecule has 0 radical (unpaired) electrons. The fourth-order valence-corrected chi connectivity index (χ4v) is 2.37. The van der Waals surface area contributed by atoms with E-state index in [4.69, 9.17) is 34.8 Å². The molecule has 0 amide bonds. The summed E-state index contributed by atoms with van der Waals surface area (Å²) in [4.78, 5) is 0. The number of hydrogen-bond donors (Lipinski definition) is 0. The fraction of sp³-hybridized carbons (Fsp3) is 0.143. The van der Waals surface area contributed by atoms with Crippen molar-refractivity contribution in [2.24, 2.45) is 0 Å². The zero-order chi connectivity index (χ0) is 15.8. The molecule has 2 aromatic rings. The lowest BCUT2D eigenvalue weighted by Crippen LogP contribution is -2.07. The Hall–Kier alpha value is -0.970. The van der Waals surface area contributed by atoms with Crippen molar-refractivity contribution >= 4 is 34.8 Å². The summed E-state index contributed by atoms with van der Waals surface area (Å²) < 4.78 is 51.8. The van der Waals surface area contributed by atoms with Gasteiger partial charge in [0.2, 0.25) is 0 Å². The molecule has 0 saturated carbocycles. The van der Waals surface area contributed by atoms with Gasteiger partial charge >= 0.3 is 6.18 Å². The largest absolute Gasteiger partial charge is 0.416 e. The van der Waals surface area contributed by atoms with Crippen molar-refractivity contribution in [3.05, 3.63) is 69.0 Å². The maximum atomic E-state index is 13.8. The molecule has 0 aliphatic rings. The maximum absolute atomic E-state index is 13.8. The van der Waals surface area contributed by atoms with Gasteiger partial charge in [0.1, 0.15) is 5.82 Å². The molecule has 112 valence electrons. The molecule has 0 bridgehead atoms. The molecule has 0 nitrogen and oxygen atoms in total. The molecule has 21 heavy (non-hydrogen) atoms. The number of rotatable bonds is 2. The molecule has 0 heterocycles. The van der Waals surface area contributed by atoms with Crippen LogP contribution in [0.25, 0.3) is 0 Å². The highest BCUT2D eigenvalue weighted by atomic mass is 35.5. The average Bonchev–Trinajstić information content (AvgIpc) is 2.40. The van der Waals surface area contributed by atoms with Gasteiger partial charge in [-0.2, -0.15) is 13.2 Å². The van der Waals surface area contributed by atoms with Crippen molar-refractivity contribution < 1.29 is 17.6 Å². The molecule has 0 spiro atoms. The minimum Gasteiger partial charge on any atom is -0.207 e. The minimum absolute atomic E-state index is 0.187. The molecule has 1 unspecified atom stereocenters. The standard InChI is InChI=1S/C14H7Cl3F4/c15-10-3-1-7(5-11(10)16)13(17)9-6-8(14(19,20)21)2-4-12(9)18/h1-6,13H. The lowest BCUT2D eigenvalue weighted by molar-refractivity contribution is -0.137. The molecule has 2 aromatic carbocycles. The van der Waals surface area contributed by atoms with Crippen molar-refractivity contribution in [1.29, 1.82) is 0 Å². The summed E-state index contributed by atoms with van der Waals surface area (Å²) in [5.74, 6) is -0.825. The first-order valence-electron chi connectivity index (χ1n) is 5.66. The summed E-state index contributed by atoms with van der Waals surface area (Å²) in [5.41, 5.74) is -0.890. The van der Waals surface area contributed by atoms with Crippen LogP contribution in [-0.2, 0) is 6.18 Å². The quantitative estimate of drug-likeness (QED) is 0.426. The second-order valence-corrected chi connectivity index (χ2v) is 5.52. The first kappa shape index (κ1) is 16.4. The van der Waals surface area contributed by atoms with Crippen molar-refractivity contribution in [3.63, 3.8) is 0 Å². The average molecular weight is 358 g/mol. The van der Waals surface area contributed by atoms with Crippen LogP contribution in [0.5, 0.6) is 0 Å². The molecule has 0 fully saturated rings. The molecule has 0 aliphatic heterocycles. The van der Waals surface area contributed by atoms with Gasteiger partial charge in [-0.15, -0.1) is 11.6 Å². The molecule has 7 heteroatoms. The zero-order valence-electron chi connectivity index (χ0n) is 10.2. The van der Waals surface area contributed by atoms with Crippen LogP contribution in [0.2, 0.25) is 10.0 Å². The van der Waals surface area contributed by atoms with E-state index in [1.165, 1.54) is 18.2 Å². The molecular formula is C14H7Cl3F4. The smallest absolute Gasteiger partial charge is 0.207 e. The lowest BCUT2D eigenvalue weighted by Gasteiger charge is -2.15. The lowest BCUT2D eigenvalue weighted by atomic mass is 10.0. The Morgan fingerprint density at radius 2 is 1.57 bits per heavy atom. The Morgan fingerprint density at radius 3 is 2.14 bits per heavy atom. The molecule has 2 rings (SSSR count). The highest BCUT2D eigenvalue weighted by molar-refractivity contribution is 6.42. The van der Waals surface area contributed by atoms with Gasteiger partial charge in [-0.05, 0) is 35.9 Å². The predicted octanol–water partition coefficient (Wildman–Crippen LogP) is 6.48. The summed E-state index contributed by atoms with van der Waals surface area (Å²) in [6.45, 7) is 0. The van der Waals surface area contributed by atoms with Gasteiger partial charge in [0.25, 0.3) is 0 Å². The van der Waals surface area contributed by atoms with Crippen molar-refractivity contribution in [3.8, 4) is 0 Å². The van der Waals surface area contributed by atoms with Gasteiger partial charge in [0.05, 0.1) is 21.0 Å². The number of halogens is 7. The third-order valence-electron chi connectivity index (χ3n) is 2.83. The number of alkyl halides is 4. The summed E-state index contributed by atoms with van der Waals surface area (Å²) in [5, 5.41) is -0.650. The van der Waals surface area contributed by atoms with E-state index in [9.17, 15) is 17.6 Å². The van der Waals surface area contributed by atoms with Crippen LogP contribution in [0.15, 0.2) is 36.4 Å². The maximum Gasteiger partial charge on any atom is 0.416 e. The SMILES string of the molecule is Fc1ccc(C(F)(F)F)cc1C(Cl)c1ccc(Cl)c(Cl)c1. The van der Waals surface area contributed by atoms with Crippen molar-refractivity contribution in [2.45, 2.75) is 11.6 Å². The molecule has 0 aliphatic carbocycles. The monoisotopic (exact) mass is 356 g/mol. The summed E-state index contributed by atoms with van der Waals surface area (Å²) in [6, 6.07) is 6.41. The van der Waals surface area contributed by atoms with Crippen LogP contribution >= 0.6 is 34.8 Å². The Labute approximate surface area is 133 Å².